The molecular weight excluding hydrogens is 224 g/mol. The van der Waals surface area contributed by atoms with Gasteiger partial charge >= 0.3 is 0 Å². The molecule has 4 heteroatoms. The summed E-state index contributed by atoms with van der Waals surface area (Å²) in [5, 5.41) is 14.5. The molecule has 0 radical (unpaired) electrons. The smallest absolute Gasteiger partial charge is 0.133 e. The van der Waals surface area contributed by atoms with Crippen LogP contribution in [0.3, 0.4) is 0 Å². The third-order valence-electron chi connectivity index (χ3n) is 3.36. The van der Waals surface area contributed by atoms with Crippen molar-refractivity contribution >= 4 is 11.6 Å². The SMILES string of the molecule is CCCc1nn(C(C)C2CC2)c(Cl)c1CO. The molecule has 0 saturated heterocycles. The fourth-order valence-corrected chi connectivity index (χ4v) is 2.49. The topological polar surface area (TPSA) is 38.0 Å². The fraction of sp³-hybridized carbons (Fsp3) is 0.750. The highest BCUT2D eigenvalue weighted by Gasteiger charge is 2.31. The molecule has 0 bridgehead atoms. The second-order valence-corrected chi connectivity index (χ2v) is 5.00. The van der Waals surface area contributed by atoms with Crippen molar-refractivity contribution in [2.75, 3.05) is 0 Å². The maximum absolute atomic E-state index is 9.34. The highest BCUT2D eigenvalue weighted by atomic mass is 35.5. The van der Waals surface area contributed by atoms with E-state index in [2.05, 4.69) is 18.9 Å². The van der Waals surface area contributed by atoms with Gasteiger partial charge in [-0.2, -0.15) is 5.10 Å². The number of aryl methyl sites for hydroxylation is 1. The van der Waals surface area contributed by atoms with E-state index in [4.69, 9.17) is 11.6 Å². The molecule has 0 amide bonds. The lowest BCUT2D eigenvalue weighted by Crippen LogP contribution is -2.09. The summed E-state index contributed by atoms with van der Waals surface area (Å²) in [7, 11) is 0. The van der Waals surface area contributed by atoms with Gasteiger partial charge in [0.1, 0.15) is 5.15 Å². The molecule has 16 heavy (non-hydrogen) atoms. The van der Waals surface area contributed by atoms with Gasteiger partial charge in [0.25, 0.3) is 0 Å². The minimum Gasteiger partial charge on any atom is -0.391 e. The van der Waals surface area contributed by atoms with Crippen LogP contribution in [0.5, 0.6) is 0 Å². The molecule has 1 unspecified atom stereocenters. The maximum Gasteiger partial charge on any atom is 0.133 e. The van der Waals surface area contributed by atoms with Gasteiger partial charge in [-0.25, -0.2) is 0 Å². The molecule has 0 aliphatic heterocycles. The molecule has 0 aromatic carbocycles. The Balaban J connectivity index is 2.30. The Labute approximate surface area is 101 Å². The van der Waals surface area contributed by atoms with Gasteiger partial charge in [-0.05, 0) is 32.1 Å². The predicted molar refractivity (Wildman–Crippen MR) is 64.6 cm³/mol. The number of hydrogen-bond donors (Lipinski definition) is 1. The number of hydrogen-bond acceptors (Lipinski definition) is 2. The Bertz CT molecular complexity index is 371. The van der Waals surface area contributed by atoms with Crippen molar-refractivity contribution in [2.24, 2.45) is 5.92 Å². The predicted octanol–water partition coefficient (Wildman–Crippen LogP) is 2.95. The highest BCUT2D eigenvalue weighted by Crippen LogP contribution is 2.41. The third kappa shape index (κ3) is 2.11. The number of nitrogens with zero attached hydrogens (tertiary/aromatic N) is 2. The summed E-state index contributed by atoms with van der Waals surface area (Å²) >= 11 is 6.27. The molecule has 1 N–H and O–H groups in total. The summed E-state index contributed by atoms with van der Waals surface area (Å²) in [6, 6.07) is 0.364. The molecular formula is C12H19ClN2O. The van der Waals surface area contributed by atoms with Gasteiger partial charge in [-0.1, -0.05) is 24.9 Å². The van der Waals surface area contributed by atoms with E-state index in [-0.39, 0.29) is 6.61 Å². The van der Waals surface area contributed by atoms with Crippen LogP contribution in [-0.2, 0) is 13.0 Å². The van der Waals surface area contributed by atoms with Crippen LogP contribution in [-0.4, -0.2) is 14.9 Å². The first-order chi connectivity index (χ1) is 7.69. The molecule has 1 aromatic rings. The van der Waals surface area contributed by atoms with Crippen LogP contribution < -0.4 is 0 Å². The molecule has 1 fully saturated rings. The van der Waals surface area contributed by atoms with Gasteiger partial charge in [0, 0.05) is 5.56 Å². The third-order valence-corrected chi connectivity index (χ3v) is 3.76. The van der Waals surface area contributed by atoms with Crippen molar-refractivity contribution in [3.05, 3.63) is 16.4 Å². The molecule has 3 nitrogen and oxygen atoms in total. The lowest BCUT2D eigenvalue weighted by molar-refractivity contribution is 0.280. The van der Waals surface area contributed by atoms with E-state index in [0.717, 1.165) is 30.0 Å². The first kappa shape index (κ1) is 11.9. The average Bonchev–Trinajstić information content (AvgIpc) is 3.05. The van der Waals surface area contributed by atoms with Crippen molar-refractivity contribution in [2.45, 2.75) is 52.2 Å². The number of halogens is 1. The molecule has 2 rings (SSSR count). The van der Waals surface area contributed by atoms with Crippen LogP contribution in [0, 0.1) is 5.92 Å². The Morgan fingerprint density at radius 2 is 2.25 bits per heavy atom. The van der Waals surface area contributed by atoms with E-state index in [1.807, 2.05) is 4.68 Å². The summed E-state index contributed by atoms with van der Waals surface area (Å²) in [5.74, 6) is 0.721. The zero-order valence-electron chi connectivity index (χ0n) is 9.91. The largest absolute Gasteiger partial charge is 0.391 e. The summed E-state index contributed by atoms with van der Waals surface area (Å²) in [6.45, 7) is 4.26. The van der Waals surface area contributed by atoms with Crippen molar-refractivity contribution in [3.63, 3.8) is 0 Å². The molecule has 1 atom stereocenters. The monoisotopic (exact) mass is 242 g/mol. The summed E-state index contributed by atoms with van der Waals surface area (Å²) < 4.78 is 1.90. The number of aromatic nitrogens is 2. The molecule has 1 aliphatic carbocycles. The molecule has 1 heterocycles. The Morgan fingerprint density at radius 1 is 1.56 bits per heavy atom. The fourth-order valence-electron chi connectivity index (χ4n) is 2.13. The zero-order valence-corrected chi connectivity index (χ0v) is 10.7. The summed E-state index contributed by atoms with van der Waals surface area (Å²) in [5.41, 5.74) is 1.78. The maximum atomic E-state index is 9.34. The molecule has 0 spiro atoms. The van der Waals surface area contributed by atoms with Crippen LogP contribution in [0.2, 0.25) is 5.15 Å². The minimum atomic E-state index is -0.00838. The number of aliphatic hydroxyl groups excluding tert-OH is 1. The van der Waals surface area contributed by atoms with Gasteiger partial charge in [-0.15, -0.1) is 0 Å². The Hall–Kier alpha value is -0.540. The lowest BCUT2D eigenvalue weighted by atomic mass is 10.2. The first-order valence-corrected chi connectivity index (χ1v) is 6.43. The summed E-state index contributed by atoms with van der Waals surface area (Å²) in [4.78, 5) is 0. The van der Waals surface area contributed by atoms with Gasteiger partial charge in [0.2, 0.25) is 0 Å². The van der Waals surface area contributed by atoms with E-state index in [0.29, 0.717) is 11.2 Å². The van der Waals surface area contributed by atoms with E-state index in [9.17, 15) is 5.11 Å². The molecule has 1 aromatic heterocycles. The molecule has 1 aliphatic rings. The van der Waals surface area contributed by atoms with E-state index >= 15 is 0 Å². The van der Waals surface area contributed by atoms with Gasteiger partial charge in [0.15, 0.2) is 0 Å². The van der Waals surface area contributed by atoms with E-state index in [1.54, 1.807) is 0 Å². The van der Waals surface area contributed by atoms with Crippen LogP contribution in [0.15, 0.2) is 0 Å². The number of aliphatic hydroxyl groups is 1. The van der Waals surface area contributed by atoms with Gasteiger partial charge in [-0.3, -0.25) is 4.68 Å². The van der Waals surface area contributed by atoms with Crippen LogP contribution >= 0.6 is 11.6 Å². The summed E-state index contributed by atoms with van der Waals surface area (Å²) in [6.07, 6.45) is 4.46. The van der Waals surface area contributed by atoms with Gasteiger partial charge in [0.05, 0.1) is 18.3 Å². The molecule has 90 valence electrons. The lowest BCUT2D eigenvalue weighted by Gasteiger charge is -2.11. The van der Waals surface area contributed by atoms with Crippen molar-refractivity contribution in [3.8, 4) is 0 Å². The standard InChI is InChI=1S/C12H19ClN2O/c1-3-4-11-10(7-16)12(13)15(14-11)8(2)9-5-6-9/h8-9,16H,3-7H2,1-2H3. The Morgan fingerprint density at radius 3 is 2.75 bits per heavy atom. The zero-order chi connectivity index (χ0) is 11.7. The first-order valence-electron chi connectivity index (χ1n) is 6.05. The quantitative estimate of drug-likeness (QED) is 0.862. The Kier molecular flexibility index (Phi) is 3.55. The second-order valence-electron chi connectivity index (χ2n) is 4.65. The van der Waals surface area contributed by atoms with E-state index in [1.165, 1.54) is 12.8 Å². The van der Waals surface area contributed by atoms with Crippen LogP contribution in [0.25, 0.3) is 0 Å². The van der Waals surface area contributed by atoms with Crippen molar-refractivity contribution < 1.29 is 5.11 Å². The highest BCUT2D eigenvalue weighted by molar-refractivity contribution is 6.30. The number of rotatable bonds is 5. The normalized spacial score (nSPS) is 17.8. The van der Waals surface area contributed by atoms with Crippen LogP contribution in [0.4, 0.5) is 0 Å². The minimum absolute atomic E-state index is 0.00838. The second kappa shape index (κ2) is 4.76. The van der Waals surface area contributed by atoms with Crippen LogP contribution in [0.1, 0.15) is 50.4 Å². The van der Waals surface area contributed by atoms with Gasteiger partial charge < -0.3 is 5.11 Å². The van der Waals surface area contributed by atoms with Crippen molar-refractivity contribution in [1.29, 1.82) is 0 Å². The van der Waals surface area contributed by atoms with E-state index < -0.39 is 0 Å². The van der Waals surface area contributed by atoms with Crippen molar-refractivity contribution in [1.82, 2.24) is 9.78 Å². The average molecular weight is 243 g/mol. The molecule has 1 saturated carbocycles.